The summed E-state index contributed by atoms with van der Waals surface area (Å²) in [4.78, 5) is 4.44. The van der Waals surface area contributed by atoms with Gasteiger partial charge in [0.1, 0.15) is 5.75 Å². The summed E-state index contributed by atoms with van der Waals surface area (Å²) in [6.45, 7) is 2.08. The molecular formula is C15H14N2OS. The largest absolute Gasteiger partial charge is 0.508 e. The molecule has 0 aliphatic rings. The van der Waals surface area contributed by atoms with Gasteiger partial charge in [-0.2, -0.15) is 0 Å². The van der Waals surface area contributed by atoms with Gasteiger partial charge in [-0.15, -0.1) is 11.3 Å². The van der Waals surface area contributed by atoms with Crippen LogP contribution in [0.15, 0.2) is 48.0 Å². The van der Waals surface area contributed by atoms with E-state index in [2.05, 4.69) is 28.7 Å². The Morgan fingerprint density at radius 2 is 2.16 bits per heavy atom. The predicted molar refractivity (Wildman–Crippen MR) is 79.8 cm³/mol. The molecule has 1 aromatic carbocycles. The Kier molecular flexibility index (Phi) is 3.09. The number of hydrogen-bond acceptors (Lipinski definition) is 4. The fourth-order valence-electron chi connectivity index (χ4n) is 2.03. The van der Waals surface area contributed by atoms with Crippen molar-refractivity contribution in [2.75, 3.05) is 5.32 Å². The molecule has 0 aliphatic heterocycles. The Hall–Kier alpha value is -2.07. The zero-order chi connectivity index (χ0) is 13.2. The standard InChI is InChI=1S/C15H14N2OS/c1-10(17-12-3-2-4-13(18)8-12)11-7-15-14(16-9-11)5-6-19-15/h2-10,17-18H,1H3. The molecule has 3 nitrogen and oxygen atoms in total. The lowest BCUT2D eigenvalue weighted by atomic mass is 10.1. The fourth-order valence-corrected chi connectivity index (χ4v) is 2.82. The zero-order valence-electron chi connectivity index (χ0n) is 10.5. The lowest BCUT2D eigenvalue weighted by Gasteiger charge is -2.15. The molecule has 0 saturated carbocycles. The maximum atomic E-state index is 9.46. The number of phenols is 1. The van der Waals surface area contributed by atoms with Crippen LogP contribution in [0, 0.1) is 0 Å². The summed E-state index contributed by atoms with van der Waals surface area (Å²) in [6.07, 6.45) is 1.90. The number of anilines is 1. The van der Waals surface area contributed by atoms with Crippen LogP contribution in [0.2, 0.25) is 0 Å². The summed E-state index contributed by atoms with van der Waals surface area (Å²) in [6, 6.07) is 11.5. The van der Waals surface area contributed by atoms with E-state index in [9.17, 15) is 5.11 Å². The summed E-state index contributed by atoms with van der Waals surface area (Å²) >= 11 is 1.70. The van der Waals surface area contributed by atoms with Crippen molar-refractivity contribution in [1.82, 2.24) is 4.98 Å². The van der Waals surface area contributed by atoms with E-state index in [0.717, 1.165) is 16.8 Å². The van der Waals surface area contributed by atoms with E-state index in [-0.39, 0.29) is 11.8 Å². The maximum Gasteiger partial charge on any atom is 0.117 e. The fraction of sp³-hybridized carbons (Fsp3) is 0.133. The second kappa shape index (κ2) is 4.90. The van der Waals surface area contributed by atoms with Gasteiger partial charge in [0.2, 0.25) is 0 Å². The zero-order valence-corrected chi connectivity index (χ0v) is 11.3. The summed E-state index contributed by atoms with van der Waals surface area (Å²) in [7, 11) is 0. The molecule has 2 aromatic heterocycles. The van der Waals surface area contributed by atoms with Gasteiger partial charge in [0.05, 0.1) is 16.3 Å². The third-order valence-electron chi connectivity index (χ3n) is 3.05. The number of pyridine rings is 1. The van der Waals surface area contributed by atoms with Gasteiger partial charge < -0.3 is 10.4 Å². The second-order valence-electron chi connectivity index (χ2n) is 4.49. The molecule has 1 unspecified atom stereocenters. The molecule has 96 valence electrons. The third-order valence-corrected chi connectivity index (χ3v) is 3.91. The van der Waals surface area contributed by atoms with Gasteiger partial charge >= 0.3 is 0 Å². The van der Waals surface area contributed by atoms with E-state index in [1.807, 2.05) is 24.4 Å². The van der Waals surface area contributed by atoms with Crippen LogP contribution in [0.1, 0.15) is 18.5 Å². The average molecular weight is 270 g/mol. The molecule has 3 rings (SSSR count). The molecule has 0 fully saturated rings. The summed E-state index contributed by atoms with van der Waals surface area (Å²) in [5, 5.41) is 14.9. The first kappa shape index (κ1) is 12.0. The Bertz CT molecular complexity index is 708. The number of aromatic nitrogens is 1. The minimum Gasteiger partial charge on any atom is -0.508 e. The van der Waals surface area contributed by atoms with Crippen molar-refractivity contribution in [2.45, 2.75) is 13.0 Å². The van der Waals surface area contributed by atoms with Gasteiger partial charge in [0, 0.05) is 18.0 Å². The molecule has 0 radical (unpaired) electrons. The average Bonchev–Trinajstić information content (AvgIpc) is 2.85. The summed E-state index contributed by atoms with van der Waals surface area (Å²) in [5.74, 6) is 0.268. The van der Waals surface area contributed by atoms with Crippen molar-refractivity contribution < 1.29 is 5.11 Å². The number of nitrogens with one attached hydrogen (secondary N) is 1. The SMILES string of the molecule is CC(Nc1cccc(O)c1)c1cnc2ccsc2c1. The van der Waals surface area contributed by atoms with Crippen molar-refractivity contribution in [3.63, 3.8) is 0 Å². The topological polar surface area (TPSA) is 45.1 Å². The van der Waals surface area contributed by atoms with Crippen LogP contribution < -0.4 is 5.32 Å². The van der Waals surface area contributed by atoms with Crippen molar-refractivity contribution >= 4 is 27.2 Å². The molecule has 3 aromatic rings. The lowest BCUT2D eigenvalue weighted by molar-refractivity contribution is 0.475. The Balaban J connectivity index is 1.84. The molecule has 4 heteroatoms. The van der Waals surface area contributed by atoms with Crippen LogP contribution in [-0.2, 0) is 0 Å². The Morgan fingerprint density at radius 3 is 3.00 bits per heavy atom. The number of thiophene rings is 1. The number of aromatic hydroxyl groups is 1. The highest BCUT2D eigenvalue weighted by atomic mass is 32.1. The lowest BCUT2D eigenvalue weighted by Crippen LogP contribution is -2.06. The van der Waals surface area contributed by atoms with E-state index in [1.54, 1.807) is 23.5 Å². The molecule has 0 spiro atoms. The van der Waals surface area contributed by atoms with E-state index >= 15 is 0 Å². The normalized spacial score (nSPS) is 12.5. The Morgan fingerprint density at radius 1 is 1.26 bits per heavy atom. The monoisotopic (exact) mass is 270 g/mol. The highest BCUT2D eigenvalue weighted by molar-refractivity contribution is 7.17. The van der Waals surface area contributed by atoms with Crippen LogP contribution >= 0.6 is 11.3 Å². The number of nitrogens with zero attached hydrogens (tertiary/aromatic N) is 1. The first-order valence-corrected chi connectivity index (χ1v) is 6.99. The number of phenolic OH excluding ortho intramolecular Hbond substituents is 1. The third kappa shape index (κ3) is 2.53. The van der Waals surface area contributed by atoms with Gasteiger partial charge in [-0.3, -0.25) is 4.98 Å². The van der Waals surface area contributed by atoms with Crippen LogP contribution in [0.25, 0.3) is 10.2 Å². The van der Waals surface area contributed by atoms with Gasteiger partial charge in [-0.1, -0.05) is 6.07 Å². The van der Waals surface area contributed by atoms with Gasteiger partial charge in [0.25, 0.3) is 0 Å². The molecule has 0 saturated heterocycles. The first-order chi connectivity index (χ1) is 9.22. The number of hydrogen-bond donors (Lipinski definition) is 2. The van der Waals surface area contributed by atoms with Gasteiger partial charge in [-0.25, -0.2) is 0 Å². The van der Waals surface area contributed by atoms with Gasteiger partial charge in [-0.05, 0) is 42.1 Å². The molecule has 0 amide bonds. The van der Waals surface area contributed by atoms with E-state index in [0.29, 0.717) is 0 Å². The van der Waals surface area contributed by atoms with E-state index < -0.39 is 0 Å². The van der Waals surface area contributed by atoms with Crippen LogP contribution in [-0.4, -0.2) is 10.1 Å². The smallest absolute Gasteiger partial charge is 0.117 e. The minimum absolute atomic E-state index is 0.140. The number of rotatable bonds is 3. The first-order valence-electron chi connectivity index (χ1n) is 6.11. The second-order valence-corrected chi connectivity index (χ2v) is 5.44. The molecule has 19 heavy (non-hydrogen) atoms. The summed E-state index contributed by atoms with van der Waals surface area (Å²) in [5.41, 5.74) is 3.08. The molecule has 0 bridgehead atoms. The van der Waals surface area contributed by atoms with Crippen LogP contribution in [0.5, 0.6) is 5.75 Å². The molecule has 2 heterocycles. The van der Waals surface area contributed by atoms with E-state index in [1.165, 1.54) is 4.70 Å². The quantitative estimate of drug-likeness (QED) is 0.750. The van der Waals surface area contributed by atoms with E-state index in [4.69, 9.17) is 0 Å². The maximum absolute atomic E-state index is 9.46. The highest BCUT2D eigenvalue weighted by Gasteiger charge is 2.07. The molecule has 1 atom stereocenters. The van der Waals surface area contributed by atoms with Crippen molar-refractivity contribution in [3.8, 4) is 5.75 Å². The number of fused-ring (bicyclic) bond motifs is 1. The minimum atomic E-state index is 0.140. The predicted octanol–water partition coefficient (Wildman–Crippen LogP) is 4.18. The molecular weight excluding hydrogens is 256 g/mol. The summed E-state index contributed by atoms with van der Waals surface area (Å²) < 4.78 is 1.20. The van der Waals surface area contributed by atoms with Crippen molar-refractivity contribution in [3.05, 3.63) is 53.5 Å². The molecule has 0 aliphatic carbocycles. The van der Waals surface area contributed by atoms with Crippen LogP contribution in [0.3, 0.4) is 0 Å². The van der Waals surface area contributed by atoms with Crippen LogP contribution in [0.4, 0.5) is 5.69 Å². The molecule has 2 N–H and O–H groups in total. The van der Waals surface area contributed by atoms with Crippen molar-refractivity contribution in [1.29, 1.82) is 0 Å². The van der Waals surface area contributed by atoms with Crippen molar-refractivity contribution in [2.24, 2.45) is 0 Å². The van der Waals surface area contributed by atoms with Gasteiger partial charge in [0.15, 0.2) is 0 Å². The number of benzene rings is 1. The highest BCUT2D eigenvalue weighted by Crippen LogP contribution is 2.25. The Labute approximate surface area is 115 Å².